The molecule has 2 aromatic carbocycles. The molecule has 0 aliphatic heterocycles. The SMILES string of the molecule is COc1ccc(C(=O)O[C@@H](C)C(=O)Nc2ccccc2F)cc1OC. The van der Waals surface area contributed by atoms with E-state index in [0.29, 0.717) is 11.5 Å². The van der Waals surface area contributed by atoms with Crippen molar-refractivity contribution in [1.82, 2.24) is 0 Å². The third-order valence-electron chi connectivity index (χ3n) is 3.40. The summed E-state index contributed by atoms with van der Waals surface area (Å²) in [5.74, 6) is -1.10. The van der Waals surface area contributed by atoms with E-state index in [9.17, 15) is 14.0 Å². The molecule has 1 N–H and O–H groups in total. The van der Waals surface area contributed by atoms with Gasteiger partial charge >= 0.3 is 5.97 Å². The van der Waals surface area contributed by atoms with E-state index in [4.69, 9.17) is 14.2 Å². The first-order chi connectivity index (χ1) is 12.0. The van der Waals surface area contributed by atoms with Gasteiger partial charge in [0.15, 0.2) is 17.6 Å². The maximum Gasteiger partial charge on any atom is 0.339 e. The fourth-order valence-corrected chi connectivity index (χ4v) is 2.04. The summed E-state index contributed by atoms with van der Waals surface area (Å²) in [4.78, 5) is 24.2. The molecule has 2 aromatic rings. The van der Waals surface area contributed by atoms with Crippen LogP contribution in [0.5, 0.6) is 11.5 Å². The molecule has 7 heteroatoms. The summed E-state index contributed by atoms with van der Waals surface area (Å²) in [7, 11) is 2.92. The van der Waals surface area contributed by atoms with Gasteiger partial charge in [0.05, 0.1) is 25.5 Å². The predicted octanol–water partition coefficient (Wildman–Crippen LogP) is 3.03. The minimum atomic E-state index is -1.11. The van der Waals surface area contributed by atoms with Crippen LogP contribution in [0.1, 0.15) is 17.3 Å². The zero-order valence-electron chi connectivity index (χ0n) is 14.0. The van der Waals surface area contributed by atoms with Crippen molar-refractivity contribution < 1.29 is 28.2 Å². The second-order valence-electron chi connectivity index (χ2n) is 5.09. The van der Waals surface area contributed by atoms with E-state index in [1.54, 1.807) is 12.1 Å². The fourth-order valence-electron chi connectivity index (χ4n) is 2.04. The van der Waals surface area contributed by atoms with Gasteiger partial charge in [0.2, 0.25) is 0 Å². The highest BCUT2D eigenvalue weighted by Gasteiger charge is 2.21. The Hall–Kier alpha value is -3.09. The molecule has 0 bridgehead atoms. The van der Waals surface area contributed by atoms with Gasteiger partial charge in [-0.15, -0.1) is 0 Å². The summed E-state index contributed by atoms with van der Waals surface area (Å²) in [5, 5.41) is 2.37. The third kappa shape index (κ3) is 4.47. The van der Waals surface area contributed by atoms with Gasteiger partial charge in [-0.3, -0.25) is 4.79 Å². The largest absolute Gasteiger partial charge is 0.493 e. The molecule has 6 nitrogen and oxygen atoms in total. The van der Waals surface area contributed by atoms with Crippen molar-refractivity contribution in [3.05, 3.63) is 53.8 Å². The Balaban J connectivity index is 2.04. The number of benzene rings is 2. The van der Waals surface area contributed by atoms with Crippen LogP contribution in [0, 0.1) is 5.82 Å². The molecule has 2 rings (SSSR count). The number of hydrogen-bond donors (Lipinski definition) is 1. The highest BCUT2D eigenvalue weighted by molar-refractivity contribution is 5.97. The summed E-state index contributed by atoms with van der Waals surface area (Å²) in [6, 6.07) is 10.2. The quantitative estimate of drug-likeness (QED) is 0.813. The molecule has 25 heavy (non-hydrogen) atoms. The van der Waals surface area contributed by atoms with Crippen LogP contribution in [-0.2, 0) is 9.53 Å². The van der Waals surface area contributed by atoms with E-state index in [-0.39, 0.29) is 11.3 Å². The van der Waals surface area contributed by atoms with Crippen LogP contribution in [0.15, 0.2) is 42.5 Å². The van der Waals surface area contributed by atoms with Crippen LogP contribution in [0.2, 0.25) is 0 Å². The molecule has 0 unspecified atom stereocenters. The van der Waals surface area contributed by atoms with Gasteiger partial charge in [0.1, 0.15) is 5.82 Å². The van der Waals surface area contributed by atoms with Crippen LogP contribution < -0.4 is 14.8 Å². The second kappa shape index (κ2) is 8.14. The van der Waals surface area contributed by atoms with Crippen molar-refractivity contribution in [2.45, 2.75) is 13.0 Å². The fraction of sp³-hybridized carbons (Fsp3) is 0.222. The maximum absolute atomic E-state index is 13.5. The van der Waals surface area contributed by atoms with Gasteiger partial charge in [-0.05, 0) is 37.3 Å². The molecule has 0 aromatic heterocycles. The lowest BCUT2D eigenvalue weighted by Crippen LogP contribution is -2.30. The Morgan fingerprint density at radius 1 is 1.04 bits per heavy atom. The number of nitrogens with one attached hydrogen (secondary N) is 1. The molecule has 0 heterocycles. The minimum Gasteiger partial charge on any atom is -0.493 e. The summed E-state index contributed by atoms with van der Waals surface area (Å²) < 4.78 is 28.9. The van der Waals surface area contributed by atoms with Crippen molar-refractivity contribution in [3.8, 4) is 11.5 Å². The molecule has 132 valence electrons. The van der Waals surface area contributed by atoms with E-state index in [0.717, 1.165) is 0 Å². The first kappa shape index (κ1) is 18.3. The average molecular weight is 347 g/mol. The first-order valence-corrected chi connectivity index (χ1v) is 7.44. The lowest BCUT2D eigenvalue weighted by molar-refractivity contribution is -0.123. The smallest absolute Gasteiger partial charge is 0.339 e. The molecule has 0 saturated heterocycles. The van der Waals surface area contributed by atoms with Crippen molar-refractivity contribution >= 4 is 17.6 Å². The number of amides is 1. The van der Waals surface area contributed by atoms with E-state index in [1.165, 1.54) is 51.5 Å². The predicted molar refractivity (Wildman–Crippen MR) is 89.5 cm³/mol. The number of hydrogen-bond acceptors (Lipinski definition) is 5. The number of esters is 1. The van der Waals surface area contributed by atoms with Crippen molar-refractivity contribution in [1.29, 1.82) is 0 Å². The van der Waals surface area contributed by atoms with Crippen LogP contribution in [-0.4, -0.2) is 32.2 Å². The molecule has 0 saturated carbocycles. The first-order valence-electron chi connectivity index (χ1n) is 7.44. The van der Waals surface area contributed by atoms with E-state index < -0.39 is 23.8 Å². The lowest BCUT2D eigenvalue weighted by atomic mass is 10.2. The monoisotopic (exact) mass is 347 g/mol. The van der Waals surface area contributed by atoms with E-state index in [1.807, 2.05) is 0 Å². The molecule has 1 amide bonds. The standard InChI is InChI=1S/C18H18FNO5/c1-11(17(21)20-14-7-5-4-6-13(14)19)25-18(22)12-8-9-15(23-2)16(10-12)24-3/h4-11H,1-3H3,(H,20,21)/t11-/m0/s1. The molecule has 0 spiro atoms. The summed E-state index contributed by atoms with van der Waals surface area (Å²) in [6.07, 6.45) is -1.11. The van der Waals surface area contributed by atoms with Gasteiger partial charge in [-0.1, -0.05) is 12.1 Å². The van der Waals surface area contributed by atoms with Crippen LogP contribution in [0.4, 0.5) is 10.1 Å². The molecular weight excluding hydrogens is 329 g/mol. The molecular formula is C18H18FNO5. The number of ether oxygens (including phenoxy) is 3. The number of halogens is 1. The van der Waals surface area contributed by atoms with Crippen LogP contribution >= 0.6 is 0 Å². The molecule has 0 fully saturated rings. The van der Waals surface area contributed by atoms with Crippen LogP contribution in [0.25, 0.3) is 0 Å². The lowest BCUT2D eigenvalue weighted by Gasteiger charge is -2.14. The van der Waals surface area contributed by atoms with Crippen LogP contribution in [0.3, 0.4) is 0 Å². The minimum absolute atomic E-state index is 0.0153. The number of carbonyl (C=O) groups is 2. The Morgan fingerprint density at radius 3 is 2.36 bits per heavy atom. The van der Waals surface area contributed by atoms with E-state index in [2.05, 4.69) is 5.32 Å². The molecule has 0 aliphatic carbocycles. The highest BCUT2D eigenvalue weighted by atomic mass is 19.1. The topological polar surface area (TPSA) is 73.9 Å². The Labute approximate surface area is 144 Å². The van der Waals surface area contributed by atoms with Gasteiger partial charge in [-0.2, -0.15) is 0 Å². The number of para-hydroxylation sites is 1. The molecule has 1 atom stereocenters. The number of methoxy groups -OCH3 is 2. The highest BCUT2D eigenvalue weighted by Crippen LogP contribution is 2.28. The Morgan fingerprint density at radius 2 is 1.72 bits per heavy atom. The number of carbonyl (C=O) groups excluding carboxylic acids is 2. The number of rotatable bonds is 6. The van der Waals surface area contributed by atoms with Crippen molar-refractivity contribution in [2.75, 3.05) is 19.5 Å². The average Bonchev–Trinajstić information content (AvgIpc) is 2.62. The maximum atomic E-state index is 13.5. The zero-order chi connectivity index (χ0) is 18.4. The van der Waals surface area contributed by atoms with Gasteiger partial charge in [0, 0.05) is 0 Å². The second-order valence-corrected chi connectivity index (χ2v) is 5.09. The Kier molecular flexibility index (Phi) is 5.94. The Bertz CT molecular complexity index is 778. The van der Waals surface area contributed by atoms with Gasteiger partial charge < -0.3 is 19.5 Å². The molecule has 0 radical (unpaired) electrons. The van der Waals surface area contributed by atoms with Gasteiger partial charge in [-0.25, -0.2) is 9.18 Å². The van der Waals surface area contributed by atoms with E-state index >= 15 is 0 Å². The third-order valence-corrected chi connectivity index (χ3v) is 3.40. The molecule has 0 aliphatic rings. The summed E-state index contributed by atoms with van der Waals surface area (Å²) >= 11 is 0. The number of anilines is 1. The van der Waals surface area contributed by atoms with Crippen molar-refractivity contribution in [3.63, 3.8) is 0 Å². The zero-order valence-corrected chi connectivity index (χ0v) is 14.0. The summed E-state index contributed by atoms with van der Waals surface area (Å²) in [6.45, 7) is 1.40. The normalized spacial score (nSPS) is 11.4. The summed E-state index contributed by atoms with van der Waals surface area (Å²) in [5.41, 5.74) is 0.213. The van der Waals surface area contributed by atoms with Crippen molar-refractivity contribution in [2.24, 2.45) is 0 Å². The van der Waals surface area contributed by atoms with Gasteiger partial charge in [0.25, 0.3) is 5.91 Å².